The molecule has 2 fully saturated rings. The summed E-state index contributed by atoms with van der Waals surface area (Å²) in [5.74, 6) is -0.473. The summed E-state index contributed by atoms with van der Waals surface area (Å²) >= 11 is 0. The third-order valence-electron chi connectivity index (χ3n) is 4.38. The van der Waals surface area contributed by atoms with Crippen molar-refractivity contribution in [1.82, 2.24) is 15.1 Å². The zero-order valence-electron chi connectivity index (χ0n) is 14.2. The molecule has 3 amide bonds. The first-order valence-corrected chi connectivity index (χ1v) is 8.36. The highest BCUT2D eigenvalue weighted by atomic mass is 16.5. The van der Waals surface area contributed by atoms with Crippen LogP contribution in [0.4, 0.5) is 0 Å². The Kier molecular flexibility index (Phi) is 6.12. The van der Waals surface area contributed by atoms with Gasteiger partial charge in [-0.05, 0) is 20.8 Å². The largest absolute Gasteiger partial charge is 0.373 e. The topological polar surface area (TPSA) is 79.0 Å². The predicted molar refractivity (Wildman–Crippen MR) is 84.6 cm³/mol. The maximum atomic E-state index is 11.9. The van der Waals surface area contributed by atoms with Gasteiger partial charge in [0.2, 0.25) is 17.7 Å². The van der Waals surface area contributed by atoms with Gasteiger partial charge in [-0.25, -0.2) is 0 Å². The van der Waals surface area contributed by atoms with Gasteiger partial charge >= 0.3 is 0 Å². The van der Waals surface area contributed by atoms with E-state index in [1.807, 2.05) is 0 Å². The van der Waals surface area contributed by atoms with Crippen LogP contribution in [0.1, 0.15) is 40.0 Å². The van der Waals surface area contributed by atoms with Gasteiger partial charge in [-0.2, -0.15) is 0 Å². The Labute approximate surface area is 137 Å². The highest BCUT2D eigenvalue weighted by Gasteiger charge is 2.29. The number of hydrogen-bond acceptors (Lipinski definition) is 5. The molecule has 3 atom stereocenters. The van der Waals surface area contributed by atoms with Crippen LogP contribution in [-0.2, 0) is 19.1 Å². The summed E-state index contributed by atoms with van der Waals surface area (Å²) in [6.07, 6.45) is 1.10. The smallest absolute Gasteiger partial charge is 0.229 e. The van der Waals surface area contributed by atoms with E-state index in [1.165, 1.54) is 4.90 Å². The summed E-state index contributed by atoms with van der Waals surface area (Å²) in [7, 11) is 0. The standard InChI is InChI=1S/C16H27N3O4/c1-11(18-9-12(2)23-13(3)10-18)8-17-14(20)6-7-19-15(21)4-5-16(19)22/h11-13H,4-10H2,1-3H3,(H,17,20)/t11-,12-,13-/m1/s1. The van der Waals surface area contributed by atoms with Crippen LogP contribution in [0.15, 0.2) is 0 Å². The number of likely N-dealkylation sites (tertiary alicyclic amines) is 1. The molecule has 2 aliphatic rings. The quantitative estimate of drug-likeness (QED) is 0.703. The molecule has 0 unspecified atom stereocenters. The van der Waals surface area contributed by atoms with Crippen molar-refractivity contribution in [3.8, 4) is 0 Å². The molecule has 2 heterocycles. The number of carbonyl (C=O) groups excluding carboxylic acids is 3. The molecule has 7 nitrogen and oxygen atoms in total. The van der Waals surface area contributed by atoms with Crippen LogP contribution in [0.5, 0.6) is 0 Å². The zero-order valence-corrected chi connectivity index (χ0v) is 14.2. The molecule has 2 aliphatic heterocycles. The average molecular weight is 325 g/mol. The van der Waals surface area contributed by atoms with Crippen molar-refractivity contribution in [2.24, 2.45) is 0 Å². The molecule has 0 aliphatic carbocycles. The molecule has 0 aromatic rings. The second kappa shape index (κ2) is 7.88. The predicted octanol–water partition coefficient (Wildman–Crippen LogP) is 0.139. The Bertz CT molecular complexity index is 442. The van der Waals surface area contributed by atoms with Gasteiger partial charge in [0.1, 0.15) is 0 Å². The summed E-state index contributed by atoms with van der Waals surface area (Å²) in [6, 6.07) is 0.225. The van der Waals surface area contributed by atoms with Crippen molar-refractivity contribution < 1.29 is 19.1 Å². The van der Waals surface area contributed by atoms with Gasteiger partial charge in [0.15, 0.2) is 0 Å². The minimum Gasteiger partial charge on any atom is -0.373 e. The van der Waals surface area contributed by atoms with Crippen molar-refractivity contribution in [3.63, 3.8) is 0 Å². The lowest BCUT2D eigenvalue weighted by Gasteiger charge is -2.39. The summed E-state index contributed by atoms with van der Waals surface area (Å²) in [5, 5.41) is 2.89. The Morgan fingerprint density at radius 1 is 1.22 bits per heavy atom. The normalized spacial score (nSPS) is 27.3. The zero-order chi connectivity index (χ0) is 17.0. The minimum absolute atomic E-state index is 0.126. The first kappa shape index (κ1) is 17.9. The second-order valence-corrected chi connectivity index (χ2v) is 6.55. The molecule has 23 heavy (non-hydrogen) atoms. The Morgan fingerprint density at radius 2 is 1.78 bits per heavy atom. The third-order valence-corrected chi connectivity index (χ3v) is 4.38. The summed E-state index contributed by atoms with van der Waals surface area (Å²) in [6.45, 7) is 8.65. The molecule has 7 heteroatoms. The fourth-order valence-electron chi connectivity index (χ4n) is 3.14. The van der Waals surface area contributed by atoms with E-state index in [1.54, 1.807) is 0 Å². The molecule has 2 saturated heterocycles. The lowest BCUT2D eigenvalue weighted by atomic mass is 10.1. The van der Waals surface area contributed by atoms with Gasteiger partial charge in [0.25, 0.3) is 0 Å². The number of hydrogen-bond donors (Lipinski definition) is 1. The maximum absolute atomic E-state index is 11.9. The minimum atomic E-state index is -0.174. The number of ether oxygens (including phenoxy) is 1. The number of morpholine rings is 1. The lowest BCUT2D eigenvalue weighted by Crippen LogP contribution is -2.52. The fourth-order valence-corrected chi connectivity index (χ4v) is 3.14. The number of nitrogens with zero attached hydrogens (tertiary/aromatic N) is 2. The number of nitrogens with one attached hydrogen (secondary N) is 1. The van der Waals surface area contributed by atoms with E-state index >= 15 is 0 Å². The van der Waals surface area contributed by atoms with E-state index in [-0.39, 0.29) is 61.8 Å². The van der Waals surface area contributed by atoms with E-state index in [4.69, 9.17) is 4.74 Å². The van der Waals surface area contributed by atoms with E-state index in [0.29, 0.717) is 6.54 Å². The summed E-state index contributed by atoms with van der Waals surface area (Å²) < 4.78 is 5.71. The maximum Gasteiger partial charge on any atom is 0.229 e. The van der Waals surface area contributed by atoms with Crippen molar-refractivity contribution in [1.29, 1.82) is 0 Å². The Balaban J connectivity index is 1.69. The molecular formula is C16H27N3O4. The van der Waals surface area contributed by atoms with E-state index in [2.05, 4.69) is 31.0 Å². The van der Waals surface area contributed by atoms with Crippen molar-refractivity contribution in [2.45, 2.75) is 58.3 Å². The number of amides is 3. The molecule has 0 aromatic carbocycles. The Morgan fingerprint density at radius 3 is 2.35 bits per heavy atom. The number of imide groups is 1. The van der Waals surface area contributed by atoms with Gasteiger partial charge in [-0.3, -0.25) is 24.2 Å². The lowest BCUT2D eigenvalue weighted by molar-refractivity contribution is -0.138. The van der Waals surface area contributed by atoms with Crippen LogP contribution in [0, 0.1) is 0 Å². The molecule has 0 saturated carbocycles. The van der Waals surface area contributed by atoms with Gasteiger partial charge < -0.3 is 10.1 Å². The van der Waals surface area contributed by atoms with Gasteiger partial charge in [0, 0.05) is 51.5 Å². The highest BCUT2D eigenvalue weighted by molar-refractivity contribution is 6.02. The molecule has 0 spiro atoms. The van der Waals surface area contributed by atoms with Gasteiger partial charge in [-0.1, -0.05) is 0 Å². The van der Waals surface area contributed by atoms with E-state index < -0.39 is 0 Å². The summed E-state index contributed by atoms with van der Waals surface area (Å²) in [4.78, 5) is 38.4. The molecule has 0 bridgehead atoms. The second-order valence-electron chi connectivity index (χ2n) is 6.55. The molecule has 0 aromatic heterocycles. The molecule has 1 N–H and O–H groups in total. The molecular weight excluding hydrogens is 298 g/mol. The van der Waals surface area contributed by atoms with Crippen LogP contribution < -0.4 is 5.32 Å². The van der Waals surface area contributed by atoms with Gasteiger partial charge in [-0.15, -0.1) is 0 Å². The van der Waals surface area contributed by atoms with Crippen LogP contribution in [0.2, 0.25) is 0 Å². The molecule has 0 radical (unpaired) electrons. The van der Waals surface area contributed by atoms with Crippen LogP contribution in [0.25, 0.3) is 0 Å². The van der Waals surface area contributed by atoms with E-state index in [0.717, 1.165) is 13.1 Å². The third kappa shape index (κ3) is 5.00. The first-order valence-electron chi connectivity index (χ1n) is 8.36. The van der Waals surface area contributed by atoms with Crippen molar-refractivity contribution >= 4 is 17.7 Å². The number of rotatable bonds is 6. The summed E-state index contributed by atoms with van der Waals surface area (Å²) in [5.41, 5.74) is 0. The average Bonchev–Trinajstić information content (AvgIpc) is 2.80. The van der Waals surface area contributed by atoms with Crippen LogP contribution in [-0.4, -0.2) is 72.0 Å². The molecule has 130 valence electrons. The van der Waals surface area contributed by atoms with E-state index in [9.17, 15) is 14.4 Å². The SMILES string of the molecule is C[C@@H]1CN([C@H](C)CNC(=O)CCN2C(=O)CCC2=O)C[C@@H](C)O1. The number of carbonyl (C=O) groups is 3. The van der Waals surface area contributed by atoms with Crippen molar-refractivity contribution in [2.75, 3.05) is 26.2 Å². The highest BCUT2D eigenvalue weighted by Crippen LogP contribution is 2.13. The Hall–Kier alpha value is -1.47. The van der Waals surface area contributed by atoms with Gasteiger partial charge in [0.05, 0.1) is 12.2 Å². The fraction of sp³-hybridized carbons (Fsp3) is 0.812. The van der Waals surface area contributed by atoms with Crippen LogP contribution >= 0.6 is 0 Å². The van der Waals surface area contributed by atoms with Crippen LogP contribution in [0.3, 0.4) is 0 Å². The molecule has 2 rings (SSSR count). The van der Waals surface area contributed by atoms with Crippen molar-refractivity contribution in [3.05, 3.63) is 0 Å². The first-order chi connectivity index (χ1) is 10.9. The monoisotopic (exact) mass is 325 g/mol.